The number of sulfonamides is 1. The lowest BCUT2D eigenvalue weighted by Gasteiger charge is -2.33. The van der Waals surface area contributed by atoms with Gasteiger partial charge in [-0.05, 0) is 30.4 Å². The molecule has 1 aromatic rings. The number of fused-ring (bicyclic) bond motifs is 1. The zero-order chi connectivity index (χ0) is 13.2. The third-order valence-electron chi connectivity index (χ3n) is 3.59. The number of unbranched alkanes of at least 4 members (excludes halogenated alkanes) is 1. The molecule has 0 radical (unpaired) electrons. The highest BCUT2D eigenvalue weighted by atomic mass is 32.2. The number of para-hydroxylation sites is 1. The van der Waals surface area contributed by atoms with Crippen molar-refractivity contribution in [2.75, 3.05) is 16.6 Å². The van der Waals surface area contributed by atoms with Crippen LogP contribution < -0.4 is 4.31 Å². The number of rotatable bonds is 4. The van der Waals surface area contributed by atoms with E-state index in [4.69, 9.17) is 0 Å². The molecule has 0 saturated carbocycles. The lowest BCUT2D eigenvalue weighted by Crippen LogP contribution is -2.37. The van der Waals surface area contributed by atoms with Crippen molar-refractivity contribution >= 4 is 15.7 Å². The maximum absolute atomic E-state index is 12.3. The van der Waals surface area contributed by atoms with Crippen LogP contribution in [0.2, 0.25) is 0 Å². The summed E-state index contributed by atoms with van der Waals surface area (Å²) in [6, 6.07) is 7.87. The normalized spacial score (nSPS) is 19.7. The van der Waals surface area contributed by atoms with Crippen LogP contribution in [0.15, 0.2) is 24.3 Å². The summed E-state index contributed by atoms with van der Waals surface area (Å²) >= 11 is 0. The Bertz CT molecular complexity index is 510. The van der Waals surface area contributed by atoms with Crippen molar-refractivity contribution in [3.05, 3.63) is 29.8 Å². The molecule has 3 nitrogen and oxygen atoms in total. The molecular formula is C14H21NO2S. The van der Waals surface area contributed by atoms with E-state index in [9.17, 15) is 8.42 Å². The van der Waals surface area contributed by atoms with Crippen LogP contribution in [-0.2, 0) is 10.0 Å². The Hall–Kier alpha value is -1.03. The highest BCUT2D eigenvalue weighted by Crippen LogP contribution is 2.36. The molecule has 0 N–H and O–H groups in total. The fraction of sp³-hybridized carbons (Fsp3) is 0.571. The molecule has 0 saturated heterocycles. The first kappa shape index (κ1) is 13.4. The molecule has 100 valence electrons. The smallest absolute Gasteiger partial charge is 0.235 e. The summed E-state index contributed by atoms with van der Waals surface area (Å²) in [5.74, 6) is 0.700. The van der Waals surface area contributed by atoms with Gasteiger partial charge in [-0.25, -0.2) is 8.42 Å². The second-order valence-electron chi connectivity index (χ2n) is 4.99. The number of benzene rings is 1. The Morgan fingerprint density at radius 3 is 2.78 bits per heavy atom. The minimum absolute atomic E-state index is 0.256. The summed E-state index contributed by atoms with van der Waals surface area (Å²) in [4.78, 5) is 0. The molecule has 0 aromatic heterocycles. The number of hydrogen-bond acceptors (Lipinski definition) is 2. The molecule has 0 bridgehead atoms. The summed E-state index contributed by atoms with van der Waals surface area (Å²) in [5.41, 5.74) is 2.04. The van der Waals surface area contributed by atoms with Gasteiger partial charge < -0.3 is 0 Å². The molecule has 4 heteroatoms. The molecule has 1 atom stereocenters. The van der Waals surface area contributed by atoms with E-state index in [0.29, 0.717) is 12.5 Å². The minimum Gasteiger partial charge on any atom is -0.270 e. The quantitative estimate of drug-likeness (QED) is 0.840. The molecule has 0 aliphatic carbocycles. The number of nitrogens with zero attached hydrogens (tertiary/aromatic N) is 1. The summed E-state index contributed by atoms with van der Waals surface area (Å²) < 4.78 is 26.3. The lowest BCUT2D eigenvalue weighted by atomic mass is 9.93. The topological polar surface area (TPSA) is 37.4 Å². The Labute approximate surface area is 110 Å². The van der Waals surface area contributed by atoms with E-state index in [-0.39, 0.29) is 5.75 Å². The molecule has 0 amide bonds. The molecule has 1 unspecified atom stereocenters. The van der Waals surface area contributed by atoms with Crippen LogP contribution in [0.25, 0.3) is 0 Å². The second-order valence-corrected chi connectivity index (χ2v) is 7.00. The van der Waals surface area contributed by atoms with Gasteiger partial charge in [0.05, 0.1) is 11.4 Å². The maximum Gasteiger partial charge on any atom is 0.235 e. The first-order valence-corrected chi connectivity index (χ1v) is 8.26. The van der Waals surface area contributed by atoms with Crippen molar-refractivity contribution < 1.29 is 8.42 Å². The summed E-state index contributed by atoms with van der Waals surface area (Å²) in [6.07, 6.45) is 2.55. The first-order chi connectivity index (χ1) is 8.56. The predicted molar refractivity (Wildman–Crippen MR) is 75.5 cm³/mol. The third-order valence-corrected chi connectivity index (χ3v) is 5.45. The van der Waals surface area contributed by atoms with E-state index in [1.54, 1.807) is 4.31 Å². The van der Waals surface area contributed by atoms with Crippen LogP contribution in [-0.4, -0.2) is 20.7 Å². The van der Waals surface area contributed by atoms with Crippen LogP contribution in [0.4, 0.5) is 5.69 Å². The SMILES string of the molecule is CCCCS(=O)(=O)N1CCC(C)c2ccccc21. The van der Waals surface area contributed by atoms with E-state index in [0.717, 1.165) is 30.5 Å². The highest BCUT2D eigenvalue weighted by Gasteiger charge is 2.29. The summed E-state index contributed by atoms with van der Waals surface area (Å²) in [7, 11) is -3.15. The molecule has 0 spiro atoms. The van der Waals surface area contributed by atoms with Crippen molar-refractivity contribution in [1.82, 2.24) is 0 Å². The van der Waals surface area contributed by atoms with Gasteiger partial charge in [0.25, 0.3) is 0 Å². The predicted octanol–water partition coefficient (Wildman–Crippen LogP) is 3.13. The molecule has 2 rings (SSSR count). The Morgan fingerprint density at radius 2 is 2.06 bits per heavy atom. The van der Waals surface area contributed by atoms with Crippen molar-refractivity contribution in [2.45, 2.75) is 39.0 Å². The molecule has 0 fully saturated rings. The standard InChI is InChI=1S/C14H21NO2S/c1-3-4-11-18(16,17)15-10-9-12(2)13-7-5-6-8-14(13)15/h5-8,12H,3-4,9-11H2,1-2H3. The van der Waals surface area contributed by atoms with Gasteiger partial charge >= 0.3 is 0 Å². The molecule has 1 heterocycles. The van der Waals surface area contributed by atoms with Crippen LogP contribution in [0.3, 0.4) is 0 Å². The Kier molecular flexibility index (Phi) is 3.95. The van der Waals surface area contributed by atoms with E-state index in [2.05, 4.69) is 6.92 Å². The number of anilines is 1. The van der Waals surface area contributed by atoms with E-state index in [1.807, 2.05) is 31.2 Å². The van der Waals surface area contributed by atoms with Crippen LogP contribution in [0.1, 0.15) is 44.6 Å². The van der Waals surface area contributed by atoms with E-state index in [1.165, 1.54) is 0 Å². The zero-order valence-electron chi connectivity index (χ0n) is 11.1. The average molecular weight is 267 g/mol. The van der Waals surface area contributed by atoms with Crippen molar-refractivity contribution in [1.29, 1.82) is 0 Å². The molecule has 1 aliphatic heterocycles. The van der Waals surface area contributed by atoms with Crippen molar-refractivity contribution in [2.24, 2.45) is 0 Å². The largest absolute Gasteiger partial charge is 0.270 e. The van der Waals surface area contributed by atoms with Crippen LogP contribution >= 0.6 is 0 Å². The van der Waals surface area contributed by atoms with Gasteiger partial charge in [0.15, 0.2) is 0 Å². The average Bonchev–Trinajstić information content (AvgIpc) is 2.37. The van der Waals surface area contributed by atoms with Gasteiger partial charge in [-0.2, -0.15) is 0 Å². The highest BCUT2D eigenvalue weighted by molar-refractivity contribution is 7.92. The summed E-state index contributed by atoms with van der Waals surface area (Å²) in [6.45, 7) is 4.79. The fourth-order valence-electron chi connectivity index (χ4n) is 2.44. The second kappa shape index (κ2) is 5.31. The van der Waals surface area contributed by atoms with Gasteiger partial charge in [0, 0.05) is 6.54 Å². The molecular weight excluding hydrogens is 246 g/mol. The Morgan fingerprint density at radius 1 is 1.33 bits per heavy atom. The van der Waals surface area contributed by atoms with Gasteiger partial charge in [-0.3, -0.25) is 4.31 Å². The maximum atomic E-state index is 12.3. The summed E-state index contributed by atoms with van der Waals surface area (Å²) in [5, 5.41) is 0. The van der Waals surface area contributed by atoms with Gasteiger partial charge in [-0.15, -0.1) is 0 Å². The zero-order valence-corrected chi connectivity index (χ0v) is 11.9. The molecule has 1 aromatic carbocycles. The van der Waals surface area contributed by atoms with Crippen LogP contribution in [0.5, 0.6) is 0 Å². The van der Waals surface area contributed by atoms with E-state index < -0.39 is 10.0 Å². The minimum atomic E-state index is -3.15. The van der Waals surface area contributed by atoms with Gasteiger partial charge in [0.1, 0.15) is 0 Å². The monoisotopic (exact) mass is 267 g/mol. The number of hydrogen-bond donors (Lipinski definition) is 0. The Balaban J connectivity index is 2.34. The van der Waals surface area contributed by atoms with Crippen LogP contribution in [0, 0.1) is 0 Å². The third kappa shape index (κ3) is 2.53. The molecule has 1 aliphatic rings. The first-order valence-electron chi connectivity index (χ1n) is 6.65. The van der Waals surface area contributed by atoms with Crippen molar-refractivity contribution in [3.63, 3.8) is 0 Å². The molecule has 18 heavy (non-hydrogen) atoms. The lowest BCUT2D eigenvalue weighted by molar-refractivity contribution is 0.575. The van der Waals surface area contributed by atoms with Gasteiger partial charge in [-0.1, -0.05) is 38.5 Å². The fourth-order valence-corrected chi connectivity index (χ4v) is 4.17. The van der Waals surface area contributed by atoms with Crippen molar-refractivity contribution in [3.8, 4) is 0 Å². The van der Waals surface area contributed by atoms with Gasteiger partial charge in [0.2, 0.25) is 10.0 Å². The van der Waals surface area contributed by atoms with E-state index >= 15 is 0 Å².